The van der Waals surface area contributed by atoms with Crippen LogP contribution in [-0.4, -0.2) is 48.0 Å². The van der Waals surface area contributed by atoms with E-state index in [-0.39, 0.29) is 0 Å². The molecule has 1 aliphatic rings. The normalized spacial score (nSPS) is 18.5. The molecule has 5 nitrogen and oxygen atoms in total. The zero-order valence-electron chi connectivity index (χ0n) is 10.6. The lowest BCUT2D eigenvalue weighted by molar-refractivity contribution is 0.139. The third kappa shape index (κ3) is 2.32. The molecule has 0 radical (unpaired) electrons. The highest BCUT2D eigenvalue weighted by molar-refractivity contribution is 5.76. The molecule has 18 heavy (non-hydrogen) atoms. The molecular formula is C13H18N4O. The van der Waals surface area contributed by atoms with Crippen molar-refractivity contribution in [3.8, 4) is 0 Å². The number of rotatable bonds is 2. The summed E-state index contributed by atoms with van der Waals surface area (Å²) in [5, 5.41) is 0. The van der Waals surface area contributed by atoms with Gasteiger partial charge in [0, 0.05) is 37.9 Å². The first-order chi connectivity index (χ1) is 8.70. The number of hydrogen-bond donors (Lipinski definition) is 1. The van der Waals surface area contributed by atoms with Crippen LogP contribution in [0.3, 0.4) is 0 Å². The molecule has 0 spiro atoms. The number of benzene rings is 1. The van der Waals surface area contributed by atoms with Gasteiger partial charge in [0.15, 0.2) is 5.58 Å². The highest BCUT2D eigenvalue weighted by Gasteiger charge is 2.16. The Morgan fingerprint density at radius 2 is 2.06 bits per heavy atom. The second kappa shape index (κ2) is 4.59. The van der Waals surface area contributed by atoms with Crippen molar-refractivity contribution in [1.82, 2.24) is 14.8 Å². The Balaban J connectivity index is 1.74. The van der Waals surface area contributed by atoms with Crippen molar-refractivity contribution in [1.29, 1.82) is 0 Å². The van der Waals surface area contributed by atoms with Crippen LogP contribution in [0.4, 0.5) is 5.69 Å². The SMILES string of the molecule is CN1CCN(Cc2nc3ccc(N)cc3o2)CC1. The summed E-state index contributed by atoms with van der Waals surface area (Å²) < 4.78 is 5.73. The Morgan fingerprint density at radius 1 is 1.28 bits per heavy atom. The monoisotopic (exact) mass is 246 g/mol. The largest absolute Gasteiger partial charge is 0.439 e. The van der Waals surface area contributed by atoms with E-state index in [0.29, 0.717) is 5.69 Å². The van der Waals surface area contributed by atoms with E-state index in [1.165, 1.54) is 0 Å². The van der Waals surface area contributed by atoms with E-state index in [2.05, 4.69) is 21.8 Å². The fraction of sp³-hybridized carbons (Fsp3) is 0.462. The van der Waals surface area contributed by atoms with Crippen LogP contribution in [0.5, 0.6) is 0 Å². The summed E-state index contributed by atoms with van der Waals surface area (Å²) in [5.41, 5.74) is 8.10. The second-order valence-electron chi connectivity index (χ2n) is 4.91. The van der Waals surface area contributed by atoms with Crippen molar-refractivity contribution in [3.63, 3.8) is 0 Å². The standard InChI is InChI=1S/C13H18N4O/c1-16-4-6-17(7-5-16)9-13-15-11-3-2-10(14)8-12(11)18-13/h2-3,8H,4-7,9,14H2,1H3. The maximum atomic E-state index is 5.73. The van der Waals surface area contributed by atoms with Gasteiger partial charge in [-0.25, -0.2) is 4.98 Å². The summed E-state index contributed by atoms with van der Waals surface area (Å²) in [6, 6.07) is 5.59. The van der Waals surface area contributed by atoms with Crippen LogP contribution >= 0.6 is 0 Å². The maximum absolute atomic E-state index is 5.73. The van der Waals surface area contributed by atoms with Gasteiger partial charge in [-0.2, -0.15) is 0 Å². The zero-order valence-corrected chi connectivity index (χ0v) is 10.6. The van der Waals surface area contributed by atoms with Crippen LogP contribution in [0.25, 0.3) is 11.1 Å². The first-order valence-corrected chi connectivity index (χ1v) is 6.26. The van der Waals surface area contributed by atoms with Crippen LogP contribution in [-0.2, 0) is 6.54 Å². The minimum absolute atomic E-state index is 0.713. The van der Waals surface area contributed by atoms with Crippen LogP contribution in [0, 0.1) is 0 Å². The predicted molar refractivity (Wildman–Crippen MR) is 71.2 cm³/mol. The van der Waals surface area contributed by atoms with Gasteiger partial charge in [0.25, 0.3) is 0 Å². The van der Waals surface area contributed by atoms with E-state index < -0.39 is 0 Å². The van der Waals surface area contributed by atoms with Crippen molar-refractivity contribution in [3.05, 3.63) is 24.1 Å². The molecule has 0 saturated carbocycles. The molecule has 1 aromatic carbocycles. The average Bonchev–Trinajstić information content (AvgIpc) is 2.73. The summed E-state index contributed by atoms with van der Waals surface area (Å²) in [6.07, 6.45) is 0. The molecule has 96 valence electrons. The number of oxazole rings is 1. The van der Waals surface area contributed by atoms with Gasteiger partial charge in [-0.3, -0.25) is 4.90 Å². The first kappa shape index (κ1) is 11.5. The Hall–Kier alpha value is -1.59. The molecule has 3 rings (SSSR count). The molecule has 0 unspecified atom stereocenters. The Labute approximate surface area is 106 Å². The first-order valence-electron chi connectivity index (χ1n) is 6.26. The lowest BCUT2D eigenvalue weighted by Gasteiger charge is -2.31. The van der Waals surface area contributed by atoms with Crippen LogP contribution in [0.15, 0.2) is 22.6 Å². The maximum Gasteiger partial charge on any atom is 0.209 e. The van der Waals surface area contributed by atoms with Gasteiger partial charge >= 0.3 is 0 Å². The Morgan fingerprint density at radius 3 is 2.83 bits per heavy atom. The molecule has 1 aliphatic heterocycles. The van der Waals surface area contributed by atoms with Gasteiger partial charge in [-0.15, -0.1) is 0 Å². The summed E-state index contributed by atoms with van der Waals surface area (Å²) in [4.78, 5) is 9.20. The molecule has 5 heteroatoms. The molecule has 0 atom stereocenters. The van der Waals surface area contributed by atoms with E-state index >= 15 is 0 Å². The van der Waals surface area contributed by atoms with Crippen molar-refractivity contribution in [2.24, 2.45) is 0 Å². The third-order valence-electron chi connectivity index (χ3n) is 3.41. The van der Waals surface area contributed by atoms with Gasteiger partial charge in [0.2, 0.25) is 5.89 Å². The molecule has 0 bridgehead atoms. The second-order valence-corrected chi connectivity index (χ2v) is 4.91. The molecule has 2 N–H and O–H groups in total. The molecule has 0 amide bonds. The fourth-order valence-electron chi connectivity index (χ4n) is 2.25. The summed E-state index contributed by atoms with van der Waals surface area (Å²) in [5.74, 6) is 0.778. The number of nitrogens with zero attached hydrogens (tertiary/aromatic N) is 3. The van der Waals surface area contributed by atoms with E-state index in [9.17, 15) is 0 Å². The Kier molecular flexibility index (Phi) is 2.93. The van der Waals surface area contributed by atoms with Gasteiger partial charge in [-0.1, -0.05) is 0 Å². The zero-order chi connectivity index (χ0) is 12.5. The molecule has 1 aromatic heterocycles. The van der Waals surface area contributed by atoms with Crippen molar-refractivity contribution in [2.75, 3.05) is 39.0 Å². The van der Waals surface area contributed by atoms with Crippen LogP contribution in [0.1, 0.15) is 5.89 Å². The molecule has 2 heterocycles. The van der Waals surface area contributed by atoms with E-state index in [0.717, 1.165) is 49.7 Å². The van der Waals surface area contributed by atoms with Crippen molar-refractivity contribution >= 4 is 16.8 Å². The minimum atomic E-state index is 0.713. The van der Waals surface area contributed by atoms with Gasteiger partial charge in [0.05, 0.1) is 6.54 Å². The number of nitrogen functional groups attached to an aromatic ring is 1. The van der Waals surface area contributed by atoms with E-state index in [1.807, 2.05) is 18.2 Å². The number of piperazine rings is 1. The van der Waals surface area contributed by atoms with Crippen LogP contribution < -0.4 is 5.73 Å². The highest BCUT2D eigenvalue weighted by atomic mass is 16.3. The van der Waals surface area contributed by atoms with Crippen LogP contribution in [0.2, 0.25) is 0 Å². The number of nitrogens with two attached hydrogens (primary N) is 1. The summed E-state index contributed by atoms with van der Waals surface area (Å²) in [6.45, 7) is 5.12. The molecule has 2 aromatic rings. The quantitative estimate of drug-likeness (QED) is 0.806. The minimum Gasteiger partial charge on any atom is -0.439 e. The lowest BCUT2D eigenvalue weighted by atomic mass is 10.3. The van der Waals surface area contributed by atoms with E-state index in [4.69, 9.17) is 10.2 Å². The number of anilines is 1. The number of hydrogen-bond acceptors (Lipinski definition) is 5. The lowest BCUT2D eigenvalue weighted by Crippen LogP contribution is -2.43. The van der Waals surface area contributed by atoms with E-state index in [1.54, 1.807) is 0 Å². The number of aromatic nitrogens is 1. The fourth-order valence-corrected chi connectivity index (χ4v) is 2.25. The Bertz CT molecular complexity index is 543. The molecule has 1 saturated heterocycles. The average molecular weight is 246 g/mol. The van der Waals surface area contributed by atoms with Gasteiger partial charge < -0.3 is 15.1 Å². The topological polar surface area (TPSA) is 58.5 Å². The predicted octanol–water partition coefficient (Wildman–Crippen LogP) is 1.16. The molecular weight excluding hydrogens is 228 g/mol. The smallest absolute Gasteiger partial charge is 0.209 e. The third-order valence-corrected chi connectivity index (χ3v) is 3.41. The molecule has 0 aliphatic carbocycles. The van der Waals surface area contributed by atoms with Crippen molar-refractivity contribution < 1.29 is 4.42 Å². The molecule has 1 fully saturated rings. The van der Waals surface area contributed by atoms with Crippen molar-refractivity contribution in [2.45, 2.75) is 6.54 Å². The summed E-state index contributed by atoms with van der Waals surface area (Å²) >= 11 is 0. The number of likely N-dealkylation sites (N-methyl/N-ethyl adjacent to an activating group) is 1. The number of fused-ring (bicyclic) bond motifs is 1. The van der Waals surface area contributed by atoms with Gasteiger partial charge in [0.1, 0.15) is 5.52 Å². The van der Waals surface area contributed by atoms with Gasteiger partial charge in [-0.05, 0) is 19.2 Å². The summed E-state index contributed by atoms with van der Waals surface area (Å²) in [7, 11) is 2.15. The highest BCUT2D eigenvalue weighted by Crippen LogP contribution is 2.19.